The number of anilines is 1. The smallest absolute Gasteiger partial charge is 0.272 e. The predicted octanol–water partition coefficient (Wildman–Crippen LogP) is 5.87. The zero-order valence-electron chi connectivity index (χ0n) is 19.3. The van der Waals surface area contributed by atoms with E-state index >= 15 is 0 Å². The number of ether oxygens (including phenoxy) is 1. The molecule has 0 spiro atoms. The van der Waals surface area contributed by atoms with Gasteiger partial charge in [-0.2, -0.15) is 0 Å². The molecule has 1 saturated heterocycles. The molecule has 5 nitrogen and oxygen atoms in total. The number of benzene rings is 2. The Labute approximate surface area is 191 Å². The summed E-state index contributed by atoms with van der Waals surface area (Å²) in [5.74, 6) is 1.10. The molecule has 0 atom stereocenters. The van der Waals surface area contributed by atoms with Crippen LogP contribution in [-0.2, 0) is 6.42 Å². The number of H-pyrrole nitrogens is 1. The third-order valence-corrected chi connectivity index (χ3v) is 6.07. The zero-order chi connectivity index (χ0) is 22.3. The number of carbonyl (C=O) groups is 1. The molecule has 1 aliphatic rings. The van der Waals surface area contributed by atoms with Crippen molar-refractivity contribution in [2.45, 2.75) is 46.0 Å². The van der Waals surface area contributed by atoms with E-state index in [1.807, 2.05) is 36.4 Å². The van der Waals surface area contributed by atoms with Crippen LogP contribution in [0.15, 0.2) is 48.5 Å². The second-order valence-electron chi connectivity index (χ2n) is 9.26. The van der Waals surface area contributed by atoms with Crippen molar-refractivity contribution in [2.75, 3.05) is 31.6 Å². The lowest BCUT2D eigenvalue weighted by atomic mass is 10.1. The average Bonchev–Trinajstić information content (AvgIpc) is 3.07. The van der Waals surface area contributed by atoms with Gasteiger partial charge < -0.3 is 19.9 Å². The summed E-state index contributed by atoms with van der Waals surface area (Å²) >= 11 is 0. The quantitative estimate of drug-likeness (QED) is 0.467. The minimum Gasteiger partial charge on any atom is -0.493 e. The van der Waals surface area contributed by atoms with E-state index in [4.69, 9.17) is 4.74 Å². The van der Waals surface area contributed by atoms with Crippen molar-refractivity contribution >= 4 is 22.5 Å². The lowest BCUT2D eigenvalue weighted by Gasteiger charge is -2.19. The first kappa shape index (κ1) is 22.4. The SMILES string of the molecule is CC(C)COc1cccc2[nH]c(C(=O)Nc3ccc(CCN4CCCCCC4)cc3)cc12. The molecule has 3 aromatic rings. The van der Waals surface area contributed by atoms with Gasteiger partial charge in [-0.25, -0.2) is 0 Å². The van der Waals surface area contributed by atoms with E-state index in [0.717, 1.165) is 35.3 Å². The average molecular weight is 434 g/mol. The Hall–Kier alpha value is -2.79. The zero-order valence-corrected chi connectivity index (χ0v) is 19.3. The Morgan fingerprint density at radius 2 is 1.81 bits per heavy atom. The second-order valence-corrected chi connectivity index (χ2v) is 9.26. The number of hydrogen-bond donors (Lipinski definition) is 2. The summed E-state index contributed by atoms with van der Waals surface area (Å²) in [7, 11) is 0. The molecule has 2 aromatic carbocycles. The van der Waals surface area contributed by atoms with Gasteiger partial charge in [0.15, 0.2) is 0 Å². The van der Waals surface area contributed by atoms with Crippen molar-refractivity contribution in [2.24, 2.45) is 5.92 Å². The molecule has 0 radical (unpaired) electrons. The Morgan fingerprint density at radius 1 is 1.06 bits per heavy atom. The normalized spacial score (nSPS) is 15.1. The van der Waals surface area contributed by atoms with Crippen LogP contribution >= 0.6 is 0 Å². The maximum Gasteiger partial charge on any atom is 0.272 e. The van der Waals surface area contributed by atoms with Crippen LogP contribution in [0.25, 0.3) is 10.9 Å². The summed E-state index contributed by atoms with van der Waals surface area (Å²) in [5.41, 5.74) is 3.55. The highest BCUT2D eigenvalue weighted by Gasteiger charge is 2.13. The van der Waals surface area contributed by atoms with Crippen LogP contribution in [0.4, 0.5) is 5.69 Å². The van der Waals surface area contributed by atoms with Crippen LogP contribution in [0.5, 0.6) is 5.75 Å². The Morgan fingerprint density at radius 3 is 2.53 bits per heavy atom. The third-order valence-electron chi connectivity index (χ3n) is 6.07. The number of hydrogen-bond acceptors (Lipinski definition) is 3. The number of fused-ring (bicyclic) bond motifs is 1. The summed E-state index contributed by atoms with van der Waals surface area (Å²) < 4.78 is 5.92. The summed E-state index contributed by atoms with van der Waals surface area (Å²) in [6.45, 7) is 8.45. The van der Waals surface area contributed by atoms with Crippen LogP contribution in [0.2, 0.25) is 0 Å². The minimum atomic E-state index is -0.145. The maximum absolute atomic E-state index is 12.8. The highest BCUT2D eigenvalue weighted by molar-refractivity contribution is 6.06. The van der Waals surface area contributed by atoms with E-state index in [2.05, 4.69) is 41.2 Å². The molecule has 1 aliphatic heterocycles. The summed E-state index contributed by atoms with van der Waals surface area (Å²) in [4.78, 5) is 18.6. The van der Waals surface area contributed by atoms with Gasteiger partial charge in [0, 0.05) is 23.1 Å². The van der Waals surface area contributed by atoms with Crippen LogP contribution in [0, 0.1) is 5.92 Å². The summed E-state index contributed by atoms with van der Waals surface area (Å²) in [6, 6.07) is 16.0. The van der Waals surface area contributed by atoms with Crippen molar-refractivity contribution in [1.29, 1.82) is 0 Å². The van der Waals surface area contributed by atoms with E-state index < -0.39 is 0 Å². The van der Waals surface area contributed by atoms with E-state index in [1.54, 1.807) is 0 Å². The first-order valence-corrected chi connectivity index (χ1v) is 12.0. The van der Waals surface area contributed by atoms with Crippen LogP contribution < -0.4 is 10.1 Å². The Balaban J connectivity index is 1.36. The lowest BCUT2D eigenvalue weighted by molar-refractivity contribution is 0.102. The molecule has 1 aromatic heterocycles. The number of likely N-dealkylation sites (tertiary alicyclic amines) is 1. The second kappa shape index (κ2) is 10.7. The van der Waals surface area contributed by atoms with Crippen molar-refractivity contribution < 1.29 is 9.53 Å². The Bertz CT molecular complexity index is 1020. The molecule has 0 unspecified atom stereocenters. The number of carbonyl (C=O) groups excluding carboxylic acids is 1. The first-order chi connectivity index (χ1) is 15.6. The van der Waals surface area contributed by atoms with E-state index in [-0.39, 0.29) is 5.91 Å². The van der Waals surface area contributed by atoms with Crippen LogP contribution in [0.1, 0.15) is 55.6 Å². The molecule has 5 heteroatoms. The van der Waals surface area contributed by atoms with E-state index in [0.29, 0.717) is 18.2 Å². The number of rotatable bonds is 8. The van der Waals surface area contributed by atoms with E-state index in [1.165, 1.54) is 44.3 Å². The highest BCUT2D eigenvalue weighted by atomic mass is 16.5. The van der Waals surface area contributed by atoms with Crippen molar-refractivity contribution in [1.82, 2.24) is 9.88 Å². The van der Waals surface area contributed by atoms with Crippen molar-refractivity contribution in [3.05, 3.63) is 59.8 Å². The van der Waals surface area contributed by atoms with Gasteiger partial charge in [-0.3, -0.25) is 4.79 Å². The molecule has 2 heterocycles. The lowest BCUT2D eigenvalue weighted by Crippen LogP contribution is -2.26. The van der Waals surface area contributed by atoms with Gasteiger partial charge in [-0.05, 0) is 74.2 Å². The van der Waals surface area contributed by atoms with Gasteiger partial charge in [0.1, 0.15) is 11.4 Å². The standard InChI is InChI=1S/C27H35N3O2/c1-20(2)19-32-26-9-7-8-24-23(26)18-25(29-24)27(31)28-22-12-10-21(11-13-22)14-17-30-15-5-3-4-6-16-30/h7-13,18,20,29H,3-6,14-17,19H2,1-2H3,(H,28,31). The fourth-order valence-electron chi connectivity index (χ4n) is 4.23. The van der Waals surface area contributed by atoms with Gasteiger partial charge in [0.05, 0.1) is 6.61 Å². The van der Waals surface area contributed by atoms with Crippen LogP contribution in [0.3, 0.4) is 0 Å². The minimum absolute atomic E-state index is 0.145. The predicted molar refractivity (Wildman–Crippen MR) is 132 cm³/mol. The number of nitrogens with one attached hydrogen (secondary N) is 2. The number of amides is 1. The molecule has 32 heavy (non-hydrogen) atoms. The fraction of sp³-hybridized carbons (Fsp3) is 0.444. The summed E-state index contributed by atoms with van der Waals surface area (Å²) in [6.07, 6.45) is 6.44. The highest BCUT2D eigenvalue weighted by Crippen LogP contribution is 2.27. The molecule has 4 rings (SSSR count). The number of aromatic amines is 1. The van der Waals surface area contributed by atoms with Gasteiger partial charge in [-0.15, -0.1) is 0 Å². The van der Waals surface area contributed by atoms with Gasteiger partial charge in [-0.1, -0.05) is 44.9 Å². The van der Waals surface area contributed by atoms with E-state index in [9.17, 15) is 4.79 Å². The molecule has 170 valence electrons. The molecule has 1 fully saturated rings. The molecule has 1 amide bonds. The Kier molecular flexibility index (Phi) is 7.48. The fourth-order valence-corrected chi connectivity index (χ4v) is 4.23. The molecule has 0 saturated carbocycles. The molecular formula is C27H35N3O2. The number of nitrogens with zero attached hydrogens (tertiary/aromatic N) is 1. The summed E-state index contributed by atoms with van der Waals surface area (Å²) in [5, 5.41) is 3.94. The third kappa shape index (κ3) is 5.92. The monoisotopic (exact) mass is 433 g/mol. The number of aromatic nitrogens is 1. The van der Waals surface area contributed by atoms with Crippen LogP contribution in [-0.4, -0.2) is 42.0 Å². The first-order valence-electron chi connectivity index (χ1n) is 12.0. The van der Waals surface area contributed by atoms with Crippen molar-refractivity contribution in [3.8, 4) is 5.75 Å². The van der Waals surface area contributed by atoms with Gasteiger partial charge >= 0.3 is 0 Å². The molecule has 0 bridgehead atoms. The molecular weight excluding hydrogens is 398 g/mol. The largest absolute Gasteiger partial charge is 0.493 e. The van der Waals surface area contributed by atoms with Crippen molar-refractivity contribution in [3.63, 3.8) is 0 Å². The van der Waals surface area contributed by atoms with Gasteiger partial charge in [0.25, 0.3) is 5.91 Å². The topological polar surface area (TPSA) is 57.4 Å². The van der Waals surface area contributed by atoms with Gasteiger partial charge in [0.2, 0.25) is 0 Å². The maximum atomic E-state index is 12.8. The molecule has 0 aliphatic carbocycles. The molecule has 2 N–H and O–H groups in total.